The van der Waals surface area contributed by atoms with Crippen LogP contribution in [0.25, 0.3) is 0 Å². The number of unbranched alkanes of at least 4 members (excludes halogenated alkanes) is 6. The predicted molar refractivity (Wildman–Crippen MR) is 101 cm³/mol. The minimum absolute atomic E-state index is 0.150. The van der Waals surface area contributed by atoms with Crippen LogP contribution in [-0.4, -0.2) is 17.7 Å². The van der Waals surface area contributed by atoms with Crippen molar-refractivity contribution in [3.63, 3.8) is 0 Å². The Balaban J connectivity index is 4.25. The number of hydrogen-bond donors (Lipinski definition) is 0. The van der Waals surface area contributed by atoms with Gasteiger partial charge in [-0.25, -0.2) is 0 Å². The van der Waals surface area contributed by atoms with Crippen LogP contribution in [0.4, 0.5) is 4.39 Å². The van der Waals surface area contributed by atoms with Crippen molar-refractivity contribution in [3.05, 3.63) is 0 Å². The van der Waals surface area contributed by atoms with E-state index >= 15 is 0 Å². The molecule has 0 aromatic rings. The van der Waals surface area contributed by atoms with E-state index in [0.717, 1.165) is 18.1 Å². The second kappa shape index (κ2) is 17.0. The van der Waals surface area contributed by atoms with E-state index in [1.54, 1.807) is 0 Å². The van der Waals surface area contributed by atoms with Gasteiger partial charge in [-0.15, -0.1) is 0 Å². The van der Waals surface area contributed by atoms with Crippen molar-refractivity contribution in [2.45, 2.75) is 96.7 Å². The molecule has 0 radical (unpaired) electrons. The first kappa shape index (κ1) is 21.6. The molecule has 3 heteroatoms. The lowest BCUT2D eigenvalue weighted by molar-refractivity contribution is 0.359. The summed E-state index contributed by atoms with van der Waals surface area (Å²) in [5.74, 6) is 1.87. The third-order valence-corrected chi connectivity index (χ3v) is 7.18. The molecule has 21 heavy (non-hydrogen) atoms. The molecule has 0 amide bonds. The van der Waals surface area contributed by atoms with Crippen LogP contribution in [0.3, 0.4) is 0 Å². The van der Waals surface area contributed by atoms with Crippen molar-refractivity contribution in [2.75, 3.05) is 12.4 Å². The summed E-state index contributed by atoms with van der Waals surface area (Å²) >= 11 is 0. The van der Waals surface area contributed by atoms with E-state index in [2.05, 4.69) is 20.8 Å². The summed E-state index contributed by atoms with van der Waals surface area (Å²) in [6.45, 7) is 6.58. The molecule has 0 spiro atoms. The quantitative estimate of drug-likeness (QED) is 0.209. The Bertz CT molecular complexity index is 188. The molecule has 0 aromatic heterocycles. The van der Waals surface area contributed by atoms with E-state index in [4.69, 9.17) is 0 Å². The van der Waals surface area contributed by atoms with Gasteiger partial charge in [0.25, 0.3) is 0 Å². The van der Waals surface area contributed by atoms with Crippen molar-refractivity contribution in [1.29, 1.82) is 0 Å². The molecule has 0 rings (SSSR count). The van der Waals surface area contributed by atoms with Gasteiger partial charge in [0.05, 0.1) is 6.67 Å². The Hall–Kier alpha value is 0.630. The Morgan fingerprint density at radius 3 is 1.76 bits per heavy atom. The van der Waals surface area contributed by atoms with Gasteiger partial charge < -0.3 is 0 Å². The third-order valence-electron chi connectivity index (χ3n) is 4.09. The van der Waals surface area contributed by atoms with Gasteiger partial charge in [-0.1, -0.05) is 93.7 Å². The van der Waals surface area contributed by atoms with Crippen LogP contribution >= 0.6 is 21.6 Å². The van der Waals surface area contributed by atoms with Crippen LogP contribution in [0.2, 0.25) is 0 Å². The maximum Gasteiger partial charge on any atom is 0.0905 e. The minimum Gasteiger partial charge on any atom is -0.251 e. The zero-order chi connectivity index (χ0) is 15.8. The molecule has 0 saturated heterocycles. The fourth-order valence-electron chi connectivity index (χ4n) is 2.81. The lowest BCUT2D eigenvalue weighted by Gasteiger charge is -2.26. The monoisotopic (exact) mass is 336 g/mol. The first-order chi connectivity index (χ1) is 10.3. The Morgan fingerprint density at radius 1 is 0.762 bits per heavy atom. The predicted octanol–water partition coefficient (Wildman–Crippen LogP) is 7.67. The van der Waals surface area contributed by atoms with Crippen molar-refractivity contribution >= 4 is 21.6 Å². The van der Waals surface area contributed by atoms with Gasteiger partial charge in [-0.05, 0) is 25.2 Å². The third kappa shape index (κ3) is 12.8. The molecule has 0 aromatic carbocycles. The van der Waals surface area contributed by atoms with Gasteiger partial charge >= 0.3 is 0 Å². The highest BCUT2D eigenvalue weighted by atomic mass is 33.1. The van der Waals surface area contributed by atoms with Crippen molar-refractivity contribution in [2.24, 2.45) is 5.92 Å². The van der Waals surface area contributed by atoms with Crippen LogP contribution in [0.5, 0.6) is 0 Å². The summed E-state index contributed by atoms with van der Waals surface area (Å²) in [7, 11) is 3.88. The summed E-state index contributed by atoms with van der Waals surface area (Å²) in [6.07, 6.45) is 14.1. The standard InChI is InChI=1S/C18H37FS2/c1-4-7-9-11-13-17(14-12-10-8-5-2)18(15-16-19)21-20-6-3/h17-18H,4-16H2,1-3H3. The van der Waals surface area contributed by atoms with Gasteiger partial charge in [0.1, 0.15) is 0 Å². The van der Waals surface area contributed by atoms with Crippen molar-refractivity contribution in [1.82, 2.24) is 0 Å². The van der Waals surface area contributed by atoms with Gasteiger partial charge in [0.15, 0.2) is 0 Å². The Morgan fingerprint density at radius 2 is 1.33 bits per heavy atom. The first-order valence-electron chi connectivity index (χ1n) is 9.14. The zero-order valence-corrected chi connectivity index (χ0v) is 16.2. The number of hydrogen-bond acceptors (Lipinski definition) is 2. The van der Waals surface area contributed by atoms with Crippen LogP contribution in [0.1, 0.15) is 91.4 Å². The average molecular weight is 337 g/mol. The first-order valence-corrected chi connectivity index (χ1v) is 11.5. The molecule has 128 valence electrons. The molecule has 0 aliphatic heterocycles. The molecule has 1 atom stereocenters. The topological polar surface area (TPSA) is 0 Å². The normalized spacial score (nSPS) is 13.0. The van der Waals surface area contributed by atoms with E-state index in [9.17, 15) is 4.39 Å². The van der Waals surface area contributed by atoms with Gasteiger partial charge in [0.2, 0.25) is 0 Å². The lowest BCUT2D eigenvalue weighted by atomic mass is 9.90. The van der Waals surface area contributed by atoms with Crippen molar-refractivity contribution < 1.29 is 4.39 Å². The number of halogens is 1. The molecule has 0 aliphatic carbocycles. The van der Waals surface area contributed by atoms with Gasteiger partial charge in [-0.2, -0.15) is 0 Å². The smallest absolute Gasteiger partial charge is 0.0905 e. The van der Waals surface area contributed by atoms with E-state index in [0.29, 0.717) is 5.25 Å². The second-order valence-corrected chi connectivity index (χ2v) is 8.87. The van der Waals surface area contributed by atoms with E-state index in [1.807, 2.05) is 21.6 Å². The number of rotatable bonds is 16. The molecule has 1 unspecified atom stereocenters. The summed E-state index contributed by atoms with van der Waals surface area (Å²) < 4.78 is 12.9. The highest BCUT2D eigenvalue weighted by Crippen LogP contribution is 2.37. The van der Waals surface area contributed by atoms with E-state index in [-0.39, 0.29) is 6.67 Å². The molecular weight excluding hydrogens is 299 g/mol. The molecule has 0 saturated carbocycles. The Labute approximate surface area is 141 Å². The molecule has 0 bridgehead atoms. The maximum absolute atomic E-state index is 12.9. The summed E-state index contributed by atoms with van der Waals surface area (Å²) in [6, 6.07) is 0. The molecule has 0 aliphatic rings. The van der Waals surface area contributed by atoms with Crippen LogP contribution in [0, 0.1) is 5.92 Å². The minimum atomic E-state index is -0.150. The van der Waals surface area contributed by atoms with Gasteiger partial charge in [-0.3, -0.25) is 4.39 Å². The summed E-state index contributed by atoms with van der Waals surface area (Å²) in [5, 5.41) is 0.531. The average Bonchev–Trinajstić information content (AvgIpc) is 2.50. The van der Waals surface area contributed by atoms with E-state index < -0.39 is 0 Å². The fourth-order valence-corrected chi connectivity index (χ4v) is 5.43. The van der Waals surface area contributed by atoms with Gasteiger partial charge in [0, 0.05) is 11.0 Å². The zero-order valence-electron chi connectivity index (χ0n) is 14.5. The Kier molecular flexibility index (Phi) is 17.5. The van der Waals surface area contributed by atoms with Crippen LogP contribution in [-0.2, 0) is 0 Å². The number of alkyl halides is 1. The van der Waals surface area contributed by atoms with Crippen LogP contribution in [0.15, 0.2) is 0 Å². The van der Waals surface area contributed by atoms with Crippen molar-refractivity contribution in [3.8, 4) is 0 Å². The fraction of sp³-hybridized carbons (Fsp3) is 1.00. The highest BCUT2D eigenvalue weighted by Gasteiger charge is 2.21. The largest absolute Gasteiger partial charge is 0.251 e. The summed E-state index contributed by atoms with van der Waals surface area (Å²) in [4.78, 5) is 0. The molecule has 0 heterocycles. The SMILES string of the molecule is CCCCCCC(CCCCCC)C(CCF)SSCC. The molecule has 0 fully saturated rings. The molecule has 0 N–H and O–H groups in total. The van der Waals surface area contributed by atoms with E-state index in [1.165, 1.54) is 64.2 Å². The summed E-state index contributed by atoms with van der Waals surface area (Å²) in [5.41, 5.74) is 0. The molecule has 0 nitrogen and oxygen atoms in total. The highest BCUT2D eigenvalue weighted by molar-refractivity contribution is 8.76. The second-order valence-electron chi connectivity index (χ2n) is 5.98. The lowest BCUT2D eigenvalue weighted by Crippen LogP contribution is -2.18. The molecular formula is C18H37FS2. The maximum atomic E-state index is 12.9. The van der Waals surface area contributed by atoms with Crippen LogP contribution < -0.4 is 0 Å².